The van der Waals surface area contributed by atoms with E-state index >= 15 is 0 Å². The maximum atomic E-state index is 9.16. The van der Waals surface area contributed by atoms with Crippen LogP contribution >= 0.6 is 0 Å². The molecule has 1 N–H and O–H groups in total. The van der Waals surface area contributed by atoms with Gasteiger partial charge in [0.25, 0.3) is 0 Å². The van der Waals surface area contributed by atoms with Crippen LogP contribution in [0.2, 0.25) is 0 Å². The number of fused-ring (bicyclic) bond motifs is 2. The van der Waals surface area contributed by atoms with Crippen LogP contribution in [0.4, 0.5) is 0 Å². The van der Waals surface area contributed by atoms with Crippen molar-refractivity contribution in [1.82, 2.24) is 4.90 Å². The van der Waals surface area contributed by atoms with Crippen LogP contribution in [0.25, 0.3) is 0 Å². The van der Waals surface area contributed by atoms with Crippen LogP contribution in [-0.4, -0.2) is 34.7 Å². The summed E-state index contributed by atoms with van der Waals surface area (Å²) in [4.78, 5) is 2.67. The lowest BCUT2D eigenvalue weighted by atomic mass is 9.90. The van der Waals surface area contributed by atoms with Crippen LogP contribution in [0.3, 0.4) is 0 Å². The average molecular weight is 183 g/mol. The van der Waals surface area contributed by atoms with Gasteiger partial charge in [-0.15, -0.1) is 0 Å². The number of hydrogen-bond acceptors (Lipinski definition) is 2. The van der Waals surface area contributed by atoms with E-state index in [2.05, 4.69) is 18.7 Å². The van der Waals surface area contributed by atoms with Crippen molar-refractivity contribution in [3.63, 3.8) is 0 Å². The minimum Gasteiger partial charge on any atom is -0.396 e. The van der Waals surface area contributed by atoms with Crippen molar-refractivity contribution in [1.29, 1.82) is 0 Å². The topological polar surface area (TPSA) is 23.5 Å². The van der Waals surface area contributed by atoms with Crippen molar-refractivity contribution >= 4 is 0 Å². The molecule has 2 rings (SSSR count). The monoisotopic (exact) mass is 183 g/mol. The molecule has 0 aromatic carbocycles. The lowest BCUT2D eigenvalue weighted by molar-refractivity contribution is 0.0513. The predicted molar refractivity (Wildman–Crippen MR) is 53.6 cm³/mol. The van der Waals surface area contributed by atoms with Crippen LogP contribution in [0.1, 0.15) is 39.5 Å². The third-order valence-corrected chi connectivity index (χ3v) is 3.74. The summed E-state index contributed by atoms with van der Waals surface area (Å²) in [6, 6.07) is 2.24. The Morgan fingerprint density at radius 3 is 2.15 bits per heavy atom. The quantitative estimate of drug-likeness (QED) is 0.703. The molecule has 2 bridgehead atoms. The molecule has 0 amide bonds. The fourth-order valence-electron chi connectivity index (χ4n) is 3.32. The summed E-state index contributed by atoms with van der Waals surface area (Å²) in [5.74, 6) is 0.590. The van der Waals surface area contributed by atoms with Crippen molar-refractivity contribution in [3.8, 4) is 0 Å². The molecule has 0 spiro atoms. The summed E-state index contributed by atoms with van der Waals surface area (Å²) < 4.78 is 0. The van der Waals surface area contributed by atoms with Crippen LogP contribution in [0, 0.1) is 5.92 Å². The fraction of sp³-hybridized carbons (Fsp3) is 1.00. The van der Waals surface area contributed by atoms with Gasteiger partial charge in [0.05, 0.1) is 0 Å². The standard InChI is InChI=1S/C11H21NO/c1-8(2)12-10-3-4-11(12)6-9(5-10)7-13/h8-11,13H,3-7H2,1-2H3/t10-,11-/m1/s1. The number of aliphatic hydroxyl groups excluding tert-OH is 1. The summed E-state index contributed by atoms with van der Waals surface area (Å²) in [6.07, 6.45) is 5.18. The smallest absolute Gasteiger partial charge is 0.0460 e. The molecule has 0 aromatic heterocycles. The van der Waals surface area contributed by atoms with E-state index in [1.54, 1.807) is 0 Å². The molecule has 2 heteroatoms. The molecule has 13 heavy (non-hydrogen) atoms. The zero-order chi connectivity index (χ0) is 9.42. The van der Waals surface area contributed by atoms with Crippen molar-refractivity contribution in [2.45, 2.75) is 57.7 Å². The normalized spacial score (nSPS) is 40.2. The number of piperidine rings is 1. The van der Waals surface area contributed by atoms with Gasteiger partial charge in [-0.25, -0.2) is 0 Å². The van der Waals surface area contributed by atoms with Gasteiger partial charge in [0.2, 0.25) is 0 Å². The first-order chi connectivity index (χ1) is 6.22. The Morgan fingerprint density at radius 1 is 1.23 bits per heavy atom. The minimum absolute atomic E-state index is 0.402. The van der Waals surface area contributed by atoms with Crippen LogP contribution in [0.15, 0.2) is 0 Å². The summed E-state index contributed by atoms with van der Waals surface area (Å²) in [6.45, 7) is 4.99. The summed E-state index contributed by atoms with van der Waals surface area (Å²) in [7, 11) is 0. The zero-order valence-electron chi connectivity index (χ0n) is 8.74. The van der Waals surface area contributed by atoms with Gasteiger partial charge in [0.1, 0.15) is 0 Å². The number of aliphatic hydroxyl groups is 1. The van der Waals surface area contributed by atoms with E-state index in [0.717, 1.165) is 12.1 Å². The highest BCUT2D eigenvalue weighted by Crippen LogP contribution is 2.39. The molecule has 2 aliphatic rings. The first-order valence-corrected chi connectivity index (χ1v) is 5.60. The maximum Gasteiger partial charge on any atom is 0.0460 e. The zero-order valence-corrected chi connectivity index (χ0v) is 8.74. The first kappa shape index (κ1) is 9.47. The second-order valence-corrected chi connectivity index (χ2v) is 4.95. The Hall–Kier alpha value is -0.0800. The third-order valence-electron chi connectivity index (χ3n) is 3.74. The Kier molecular flexibility index (Phi) is 2.61. The molecule has 2 nitrogen and oxygen atoms in total. The highest BCUT2D eigenvalue weighted by molar-refractivity contribution is 4.96. The first-order valence-electron chi connectivity index (χ1n) is 5.60. The van der Waals surface area contributed by atoms with Gasteiger partial charge < -0.3 is 5.11 Å². The Bertz CT molecular complexity index is 167. The van der Waals surface area contributed by atoms with Crippen LogP contribution in [0.5, 0.6) is 0 Å². The maximum absolute atomic E-state index is 9.16. The van der Waals surface area contributed by atoms with Gasteiger partial charge in [-0.05, 0) is 45.4 Å². The van der Waals surface area contributed by atoms with E-state index in [1.807, 2.05) is 0 Å². The number of rotatable bonds is 2. The van der Waals surface area contributed by atoms with Crippen LogP contribution in [-0.2, 0) is 0 Å². The van der Waals surface area contributed by atoms with Crippen molar-refractivity contribution in [2.75, 3.05) is 6.61 Å². The molecular formula is C11H21NO. The fourth-order valence-corrected chi connectivity index (χ4v) is 3.32. The Balaban J connectivity index is 2.04. The molecule has 2 heterocycles. The average Bonchev–Trinajstić information content (AvgIpc) is 2.37. The van der Waals surface area contributed by atoms with Gasteiger partial charge >= 0.3 is 0 Å². The van der Waals surface area contributed by atoms with Crippen molar-refractivity contribution < 1.29 is 5.11 Å². The predicted octanol–water partition coefficient (Wildman–Crippen LogP) is 1.63. The second-order valence-electron chi connectivity index (χ2n) is 4.95. The lowest BCUT2D eigenvalue weighted by Gasteiger charge is -2.41. The lowest BCUT2D eigenvalue weighted by Crippen LogP contribution is -2.47. The van der Waals surface area contributed by atoms with E-state index < -0.39 is 0 Å². The van der Waals surface area contributed by atoms with E-state index in [0.29, 0.717) is 18.6 Å². The van der Waals surface area contributed by atoms with Gasteiger partial charge in [0, 0.05) is 24.7 Å². The highest BCUT2D eigenvalue weighted by atomic mass is 16.3. The molecule has 2 aliphatic heterocycles. The van der Waals surface area contributed by atoms with Gasteiger partial charge in [-0.1, -0.05) is 0 Å². The summed E-state index contributed by atoms with van der Waals surface area (Å²) in [5.41, 5.74) is 0. The molecule has 2 saturated heterocycles. The minimum atomic E-state index is 0.402. The van der Waals surface area contributed by atoms with E-state index in [1.165, 1.54) is 25.7 Å². The van der Waals surface area contributed by atoms with Crippen molar-refractivity contribution in [3.05, 3.63) is 0 Å². The van der Waals surface area contributed by atoms with Crippen LogP contribution < -0.4 is 0 Å². The number of hydrogen-bond donors (Lipinski definition) is 1. The molecule has 0 aromatic rings. The van der Waals surface area contributed by atoms with Gasteiger partial charge in [-0.2, -0.15) is 0 Å². The Morgan fingerprint density at radius 2 is 1.77 bits per heavy atom. The van der Waals surface area contributed by atoms with E-state index in [9.17, 15) is 0 Å². The SMILES string of the molecule is CC(C)N1[C@@H]2CC[C@@H]1CC(CO)C2. The van der Waals surface area contributed by atoms with Crippen molar-refractivity contribution in [2.24, 2.45) is 5.92 Å². The number of nitrogens with zero attached hydrogens (tertiary/aromatic N) is 1. The van der Waals surface area contributed by atoms with Gasteiger partial charge in [0.15, 0.2) is 0 Å². The largest absolute Gasteiger partial charge is 0.396 e. The third kappa shape index (κ3) is 1.62. The second kappa shape index (κ2) is 3.58. The molecular weight excluding hydrogens is 162 g/mol. The molecule has 0 unspecified atom stereocenters. The van der Waals surface area contributed by atoms with Gasteiger partial charge in [-0.3, -0.25) is 4.90 Å². The molecule has 76 valence electrons. The van der Waals surface area contributed by atoms with E-state index in [-0.39, 0.29) is 0 Å². The summed E-state index contributed by atoms with van der Waals surface area (Å²) in [5, 5.41) is 9.16. The molecule has 0 saturated carbocycles. The molecule has 0 radical (unpaired) electrons. The molecule has 0 aliphatic carbocycles. The molecule has 2 fully saturated rings. The molecule has 2 atom stereocenters. The van der Waals surface area contributed by atoms with E-state index in [4.69, 9.17) is 5.11 Å². The highest BCUT2D eigenvalue weighted by Gasteiger charge is 2.41. The Labute approximate surface area is 80.9 Å². The summed E-state index contributed by atoms with van der Waals surface area (Å²) >= 11 is 0.